The molecular weight excluding hydrogens is 1100 g/mol. The van der Waals surface area contributed by atoms with Crippen LogP contribution in [0.4, 0.5) is 52.7 Å². The van der Waals surface area contributed by atoms with Crippen LogP contribution in [0.1, 0.15) is 135 Å². The molecule has 0 amide bonds. The largest absolute Gasteiger partial charge is 0.494 e. The highest BCUT2D eigenvalue weighted by atomic mass is 35.5. The quantitative estimate of drug-likeness (QED) is 0.0615. The number of benzene rings is 6. The van der Waals surface area contributed by atoms with Crippen molar-refractivity contribution in [1.29, 1.82) is 0 Å². The highest BCUT2D eigenvalue weighted by Crippen LogP contribution is 2.40. The molecule has 20 heteroatoms. The van der Waals surface area contributed by atoms with Crippen LogP contribution < -0.4 is 14.9 Å². The van der Waals surface area contributed by atoms with Gasteiger partial charge in [0.2, 0.25) is 0 Å². The van der Waals surface area contributed by atoms with Crippen LogP contribution in [0, 0.1) is 58.4 Å². The van der Waals surface area contributed by atoms with Crippen LogP contribution in [0.25, 0.3) is 11.1 Å². The predicted molar refractivity (Wildman–Crippen MR) is 286 cm³/mol. The number of hydrogen-bond donors (Lipinski definition) is 0. The van der Waals surface area contributed by atoms with Crippen LogP contribution in [0.15, 0.2) is 109 Å². The fraction of sp³-hybridized carbons (Fsp3) is 0.410. The van der Waals surface area contributed by atoms with E-state index in [0.29, 0.717) is 53.7 Å². The van der Waals surface area contributed by atoms with Crippen molar-refractivity contribution in [3.05, 3.63) is 183 Å². The molecule has 81 heavy (non-hydrogen) atoms. The summed E-state index contributed by atoms with van der Waals surface area (Å²) in [6, 6.07) is 20.7. The third-order valence-corrected chi connectivity index (χ3v) is 14.8. The van der Waals surface area contributed by atoms with Crippen LogP contribution in [0.2, 0.25) is 5.02 Å². The lowest BCUT2D eigenvalue weighted by molar-refractivity contribution is -0.186. The lowest BCUT2D eigenvalue weighted by atomic mass is 9.79. The molecule has 0 saturated carbocycles. The zero-order valence-corrected chi connectivity index (χ0v) is 45.5. The Kier molecular flexibility index (Phi) is 21.6. The summed E-state index contributed by atoms with van der Waals surface area (Å²) in [5, 5.41) is 0.174. The van der Waals surface area contributed by atoms with E-state index >= 15 is 0 Å². The summed E-state index contributed by atoms with van der Waals surface area (Å²) in [5.41, 5.74) is 0.404. The second kappa shape index (κ2) is 27.1. The molecule has 0 bridgehead atoms. The second-order valence-electron chi connectivity index (χ2n) is 20.9. The maximum atomic E-state index is 14.9. The first-order valence-electron chi connectivity index (χ1n) is 26.2. The van der Waals surface area contributed by atoms with Gasteiger partial charge < -0.3 is 28.3 Å². The lowest BCUT2D eigenvalue weighted by Crippen LogP contribution is -2.41. The summed E-state index contributed by atoms with van der Waals surface area (Å²) in [7, 11) is -0.728. The van der Waals surface area contributed by atoms with E-state index in [1.165, 1.54) is 55.7 Å². The Balaban J connectivity index is 0.000000206. The van der Waals surface area contributed by atoms with Crippen molar-refractivity contribution >= 4 is 24.2 Å². The van der Waals surface area contributed by atoms with Crippen LogP contribution in [0.5, 0.6) is 11.5 Å². The molecule has 6 nitrogen and oxygen atoms in total. The van der Waals surface area contributed by atoms with E-state index in [1.807, 2.05) is 33.8 Å². The fourth-order valence-electron chi connectivity index (χ4n) is 9.34. The summed E-state index contributed by atoms with van der Waals surface area (Å²) in [6.45, 7) is 13.2. The van der Waals surface area contributed by atoms with E-state index in [2.05, 4.69) is 23.3 Å². The van der Waals surface area contributed by atoms with E-state index in [4.69, 9.17) is 30.4 Å². The standard InChI is InChI=1S/C27H24F6O2.C19H18BF5O3.C14H18ClFO.CH4/c1-2-3-16-4-11-25(34-15-16)18-7-10-21(22(28)12-18)17-5-8-19(9-6-17)27(32,33)35-20-13-23(29)26(31)24(30)14-20;1-17(2)18(3,4)28-20(27-17)12-7-5-11(6-8-12)19(24,25)26-13-9-14(21)16(23)15(22)10-13;1-2-3-10-4-7-14(17-9-10)11-5-6-12(15)13(16)8-11;/h5-10,12-14,16,25H,2-4,11,15H2,1H3;5-10H,1-4H3;5-6,8,10,14H,2-4,7,9H2,1H3;1H4. The van der Waals surface area contributed by atoms with Gasteiger partial charge in [0.1, 0.15) is 23.1 Å². The molecule has 3 fully saturated rings. The molecule has 4 unspecified atom stereocenters. The van der Waals surface area contributed by atoms with Crippen LogP contribution in [0.3, 0.4) is 0 Å². The maximum absolute atomic E-state index is 14.9. The Morgan fingerprint density at radius 2 is 0.914 bits per heavy atom. The van der Waals surface area contributed by atoms with Crippen molar-refractivity contribution < 1.29 is 80.9 Å². The normalized spacial score (nSPS) is 19.6. The van der Waals surface area contributed by atoms with Gasteiger partial charge >= 0.3 is 19.3 Å². The first-order valence-corrected chi connectivity index (χ1v) is 26.6. The van der Waals surface area contributed by atoms with Gasteiger partial charge in [0.25, 0.3) is 0 Å². The molecule has 3 aliphatic heterocycles. The second-order valence-corrected chi connectivity index (χ2v) is 21.4. The third-order valence-electron chi connectivity index (χ3n) is 14.5. The minimum absolute atomic E-state index is 0. The monoisotopic (exact) mass is 1170 g/mol. The Bertz CT molecular complexity index is 2980. The molecule has 0 radical (unpaired) electrons. The van der Waals surface area contributed by atoms with Crippen molar-refractivity contribution in [2.75, 3.05) is 13.2 Å². The molecule has 9 rings (SSSR count). The van der Waals surface area contributed by atoms with E-state index in [0.717, 1.165) is 74.1 Å². The van der Waals surface area contributed by atoms with Gasteiger partial charge in [0.15, 0.2) is 34.9 Å². The highest BCUT2D eigenvalue weighted by molar-refractivity contribution is 6.62. The summed E-state index contributed by atoms with van der Waals surface area (Å²) in [4.78, 5) is 0. The first-order chi connectivity index (χ1) is 37.7. The summed E-state index contributed by atoms with van der Waals surface area (Å²) in [5.74, 6) is -11.5. The van der Waals surface area contributed by atoms with Gasteiger partial charge in [-0.2, -0.15) is 17.6 Å². The zero-order chi connectivity index (χ0) is 58.3. The molecule has 0 spiro atoms. The van der Waals surface area contributed by atoms with Crippen molar-refractivity contribution in [3.8, 4) is 22.6 Å². The number of halogens is 13. The first kappa shape index (κ1) is 64.4. The Morgan fingerprint density at radius 1 is 0.519 bits per heavy atom. The minimum atomic E-state index is -3.97. The van der Waals surface area contributed by atoms with Crippen molar-refractivity contribution in [1.82, 2.24) is 0 Å². The number of alkyl halides is 4. The average molecular weight is 1170 g/mol. The smallest absolute Gasteiger partial charge is 0.429 e. The van der Waals surface area contributed by atoms with Gasteiger partial charge in [-0.15, -0.1) is 0 Å². The number of hydrogen-bond acceptors (Lipinski definition) is 6. The van der Waals surface area contributed by atoms with E-state index < -0.39 is 93.9 Å². The number of rotatable bonds is 14. The molecule has 6 aromatic carbocycles. The molecule has 0 N–H and O–H groups in total. The molecular formula is C61H64BClF12O6. The molecule has 438 valence electrons. The summed E-state index contributed by atoms with van der Waals surface area (Å²) < 4.78 is 197. The van der Waals surface area contributed by atoms with Crippen molar-refractivity contribution in [3.63, 3.8) is 0 Å². The maximum Gasteiger partial charge on any atom is 0.494 e. The Labute approximate surface area is 470 Å². The topological polar surface area (TPSA) is 55.4 Å². The lowest BCUT2D eigenvalue weighted by Gasteiger charge is -2.32. The molecule has 6 aromatic rings. The zero-order valence-electron chi connectivity index (χ0n) is 44.7. The van der Waals surface area contributed by atoms with E-state index in [1.54, 1.807) is 18.2 Å². The van der Waals surface area contributed by atoms with Crippen molar-refractivity contribution in [2.24, 2.45) is 11.8 Å². The Hall–Kier alpha value is -5.73. The molecule has 4 atom stereocenters. The van der Waals surface area contributed by atoms with Crippen molar-refractivity contribution in [2.45, 2.75) is 136 Å². The van der Waals surface area contributed by atoms with Gasteiger partial charge in [-0.3, -0.25) is 0 Å². The SMILES string of the molecule is C.CC1(C)OB(c2ccc(C(F)(F)Oc3cc(F)c(F)c(F)c3)cc2)OC1(C)C.CCCC1CCC(c2ccc(-c3ccc(C(F)(F)Oc4cc(F)c(F)c(F)c4)cc3)c(F)c2)OC1.CCCC1CCC(c2ccc(Cl)c(F)c2)OC1. The van der Waals surface area contributed by atoms with Crippen LogP contribution in [-0.2, 0) is 31.0 Å². The average Bonchev–Trinajstić information content (AvgIpc) is 3.90. The number of ether oxygens (including phenoxy) is 4. The molecule has 3 aliphatic rings. The van der Waals surface area contributed by atoms with E-state index in [9.17, 15) is 52.7 Å². The van der Waals surface area contributed by atoms with Gasteiger partial charge in [-0.05, 0) is 143 Å². The summed E-state index contributed by atoms with van der Waals surface area (Å²) in [6.07, 6.45) is 0.619. The molecule has 3 saturated heterocycles. The molecule has 0 aromatic heterocycles. The van der Waals surface area contributed by atoms with Gasteiger partial charge in [0.05, 0.1) is 52.8 Å². The van der Waals surface area contributed by atoms with E-state index in [-0.39, 0.29) is 36.0 Å². The third kappa shape index (κ3) is 16.1. The summed E-state index contributed by atoms with van der Waals surface area (Å²) >= 11 is 5.67. The molecule has 0 aliphatic carbocycles. The van der Waals surface area contributed by atoms with Crippen LogP contribution in [-0.4, -0.2) is 31.5 Å². The fourth-order valence-corrected chi connectivity index (χ4v) is 9.46. The minimum Gasteiger partial charge on any atom is -0.429 e. The van der Waals surface area contributed by atoms with Gasteiger partial charge in [-0.25, -0.2) is 35.1 Å². The van der Waals surface area contributed by atoms with Gasteiger partial charge in [0, 0.05) is 29.8 Å². The van der Waals surface area contributed by atoms with Crippen LogP contribution >= 0.6 is 11.6 Å². The Morgan fingerprint density at radius 3 is 1.28 bits per heavy atom. The molecule has 3 heterocycles. The predicted octanol–water partition coefficient (Wildman–Crippen LogP) is 18.2. The highest BCUT2D eigenvalue weighted by Gasteiger charge is 2.52. The van der Waals surface area contributed by atoms with Gasteiger partial charge in [-0.1, -0.05) is 88.2 Å².